The van der Waals surface area contributed by atoms with E-state index in [1.165, 1.54) is 25.9 Å². The number of anilines is 1. The fraction of sp³-hybridized carbons (Fsp3) is 0.750. The summed E-state index contributed by atoms with van der Waals surface area (Å²) in [6.45, 7) is 13.2. The van der Waals surface area contributed by atoms with Gasteiger partial charge in [0.25, 0.3) is 0 Å². The van der Waals surface area contributed by atoms with E-state index in [2.05, 4.69) is 63.8 Å². The van der Waals surface area contributed by atoms with Crippen LogP contribution in [0.3, 0.4) is 0 Å². The number of aromatic nitrogens is 2. The van der Waals surface area contributed by atoms with E-state index in [1.54, 1.807) is 0 Å². The highest BCUT2D eigenvalue weighted by Crippen LogP contribution is 2.22. The number of halogens is 1. The smallest absolute Gasteiger partial charge is 0.137 e. The van der Waals surface area contributed by atoms with E-state index in [0.717, 1.165) is 35.3 Å². The maximum atomic E-state index is 4.63. The zero-order valence-corrected chi connectivity index (χ0v) is 15.2. The topological polar surface area (TPSA) is 41.0 Å². The van der Waals surface area contributed by atoms with Crippen LogP contribution in [0.1, 0.15) is 46.4 Å². The standard InChI is InChI=1S/C16H27BrN4/c1-12-5-8-21(9-6-12)10-7-18-14-11-13(17)19-15(20-14)16(2,3)4/h11-12H,5-10H2,1-4H3,(H,18,19,20). The molecule has 4 nitrogen and oxygen atoms in total. The lowest BCUT2D eigenvalue weighted by atomic mass is 9.96. The fourth-order valence-corrected chi connectivity index (χ4v) is 2.86. The van der Waals surface area contributed by atoms with Gasteiger partial charge in [0.1, 0.15) is 16.2 Å². The Labute approximate surface area is 136 Å². The van der Waals surface area contributed by atoms with E-state index >= 15 is 0 Å². The minimum Gasteiger partial charge on any atom is -0.369 e. The van der Waals surface area contributed by atoms with Crippen LogP contribution in [0.15, 0.2) is 10.7 Å². The molecule has 1 saturated heterocycles. The fourth-order valence-electron chi connectivity index (χ4n) is 2.47. The summed E-state index contributed by atoms with van der Waals surface area (Å²) in [5.41, 5.74) is -0.0385. The third-order valence-electron chi connectivity index (χ3n) is 3.98. The molecule has 118 valence electrons. The van der Waals surface area contributed by atoms with Crippen molar-refractivity contribution in [1.82, 2.24) is 14.9 Å². The second-order valence-electron chi connectivity index (χ2n) is 7.10. The molecule has 1 N–H and O–H groups in total. The monoisotopic (exact) mass is 354 g/mol. The first kappa shape index (κ1) is 16.7. The molecule has 1 aromatic heterocycles. The summed E-state index contributed by atoms with van der Waals surface area (Å²) in [7, 11) is 0. The number of hydrogen-bond donors (Lipinski definition) is 1. The van der Waals surface area contributed by atoms with Crippen molar-refractivity contribution in [3.63, 3.8) is 0 Å². The van der Waals surface area contributed by atoms with E-state index in [1.807, 2.05) is 6.07 Å². The molecule has 0 amide bonds. The van der Waals surface area contributed by atoms with Crippen LogP contribution in [0.2, 0.25) is 0 Å². The molecule has 0 aliphatic carbocycles. The molecule has 0 saturated carbocycles. The van der Waals surface area contributed by atoms with Gasteiger partial charge in [0.2, 0.25) is 0 Å². The number of hydrogen-bond acceptors (Lipinski definition) is 4. The van der Waals surface area contributed by atoms with Crippen molar-refractivity contribution in [2.24, 2.45) is 5.92 Å². The Balaban J connectivity index is 1.87. The van der Waals surface area contributed by atoms with E-state index in [4.69, 9.17) is 0 Å². The second kappa shape index (κ2) is 7.05. The molecule has 21 heavy (non-hydrogen) atoms. The van der Waals surface area contributed by atoms with Crippen molar-refractivity contribution in [2.45, 2.75) is 46.0 Å². The highest BCUT2D eigenvalue weighted by atomic mass is 79.9. The molecule has 2 rings (SSSR count). The molecule has 0 unspecified atom stereocenters. The molecule has 1 aromatic rings. The summed E-state index contributed by atoms with van der Waals surface area (Å²) in [5.74, 6) is 2.67. The van der Waals surface area contributed by atoms with Gasteiger partial charge in [-0.1, -0.05) is 27.7 Å². The van der Waals surface area contributed by atoms with Gasteiger partial charge in [-0.25, -0.2) is 9.97 Å². The predicted molar refractivity (Wildman–Crippen MR) is 91.8 cm³/mol. The van der Waals surface area contributed by atoms with Crippen molar-refractivity contribution in [3.8, 4) is 0 Å². The first-order valence-corrected chi connectivity index (χ1v) is 8.65. The van der Waals surface area contributed by atoms with Crippen LogP contribution >= 0.6 is 15.9 Å². The number of nitrogens with one attached hydrogen (secondary N) is 1. The van der Waals surface area contributed by atoms with Gasteiger partial charge < -0.3 is 10.2 Å². The van der Waals surface area contributed by atoms with Crippen LogP contribution in [0, 0.1) is 5.92 Å². The van der Waals surface area contributed by atoms with Gasteiger partial charge in [0, 0.05) is 24.6 Å². The van der Waals surface area contributed by atoms with Gasteiger partial charge >= 0.3 is 0 Å². The molecule has 0 spiro atoms. The highest BCUT2D eigenvalue weighted by molar-refractivity contribution is 9.10. The number of piperidine rings is 1. The second-order valence-corrected chi connectivity index (χ2v) is 7.91. The maximum absolute atomic E-state index is 4.63. The van der Waals surface area contributed by atoms with Crippen LogP contribution in [0.5, 0.6) is 0 Å². The molecular weight excluding hydrogens is 328 g/mol. The summed E-state index contributed by atoms with van der Waals surface area (Å²) in [6, 6.07) is 1.95. The first-order chi connectivity index (χ1) is 9.84. The van der Waals surface area contributed by atoms with Crippen LogP contribution in [0.4, 0.5) is 5.82 Å². The molecule has 2 heterocycles. The van der Waals surface area contributed by atoms with E-state index in [-0.39, 0.29) is 5.41 Å². The molecule has 1 aliphatic heterocycles. The van der Waals surface area contributed by atoms with Gasteiger partial charge in [0.15, 0.2) is 0 Å². The SMILES string of the molecule is CC1CCN(CCNc2cc(Br)nc(C(C)(C)C)n2)CC1. The van der Waals surface area contributed by atoms with Gasteiger partial charge in [-0.15, -0.1) is 0 Å². The number of likely N-dealkylation sites (tertiary alicyclic amines) is 1. The summed E-state index contributed by atoms with van der Waals surface area (Å²) in [5, 5.41) is 3.43. The minimum absolute atomic E-state index is 0.0385. The normalized spacial score (nSPS) is 18.0. The summed E-state index contributed by atoms with van der Waals surface area (Å²) in [4.78, 5) is 11.6. The highest BCUT2D eigenvalue weighted by Gasteiger charge is 2.19. The average molecular weight is 355 g/mol. The Bertz CT molecular complexity index is 462. The third-order valence-corrected chi connectivity index (χ3v) is 4.38. The Kier molecular flexibility index (Phi) is 5.60. The van der Waals surface area contributed by atoms with Crippen LogP contribution in [-0.2, 0) is 5.41 Å². The summed E-state index contributed by atoms with van der Waals surface area (Å²) < 4.78 is 0.844. The lowest BCUT2D eigenvalue weighted by Gasteiger charge is -2.30. The Morgan fingerprint density at radius 2 is 1.95 bits per heavy atom. The third kappa shape index (κ3) is 5.22. The lowest BCUT2D eigenvalue weighted by molar-refractivity contribution is 0.199. The Morgan fingerprint density at radius 3 is 2.57 bits per heavy atom. The zero-order valence-electron chi connectivity index (χ0n) is 13.6. The van der Waals surface area contributed by atoms with Crippen LogP contribution < -0.4 is 5.32 Å². The molecule has 1 fully saturated rings. The lowest BCUT2D eigenvalue weighted by Crippen LogP contribution is -2.36. The Hall–Kier alpha value is -0.680. The van der Waals surface area contributed by atoms with E-state index < -0.39 is 0 Å². The quantitative estimate of drug-likeness (QED) is 0.837. The molecule has 5 heteroatoms. The zero-order chi connectivity index (χ0) is 15.5. The number of nitrogens with zero attached hydrogens (tertiary/aromatic N) is 3. The molecule has 0 atom stereocenters. The molecule has 0 radical (unpaired) electrons. The maximum Gasteiger partial charge on any atom is 0.137 e. The summed E-state index contributed by atoms with van der Waals surface area (Å²) >= 11 is 3.48. The Morgan fingerprint density at radius 1 is 1.29 bits per heavy atom. The number of rotatable bonds is 4. The van der Waals surface area contributed by atoms with Crippen molar-refractivity contribution in [2.75, 3.05) is 31.5 Å². The van der Waals surface area contributed by atoms with Crippen molar-refractivity contribution in [3.05, 3.63) is 16.5 Å². The van der Waals surface area contributed by atoms with Gasteiger partial charge in [0.05, 0.1) is 0 Å². The van der Waals surface area contributed by atoms with Crippen molar-refractivity contribution < 1.29 is 0 Å². The van der Waals surface area contributed by atoms with Gasteiger partial charge in [-0.05, 0) is 47.8 Å². The van der Waals surface area contributed by atoms with Gasteiger partial charge in [-0.2, -0.15) is 0 Å². The molecular formula is C16H27BrN4. The van der Waals surface area contributed by atoms with Crippen molar-refractivity contribution >= 4 is 21.7 Å². The molecule has 0 aromatic carbocycles. The predicted octanol–water partition coefficient (Wildman–Crippen LogP) is 3.68. The molecule has 1 aliphatic rings. The van der Waals surface area contributed by atoms with E-state index in [0.29, 0.717) is 0 Å². The van der Waals surface area contributed by atoms with Crippen LogP contribution in [-0.4, -0.2) is 41.0 Å². The minimum atomic E-state index is -0.0385. The molecule has 0 bridgehead atoms. The first-order valence-electron chi connectivity index (χ1n) is 7.86. The summed E-state index contributed by atoms with van der Waals surface area (Å²) in [6.07, 6.45) is 2.65. The van der Waals surface area contributed by atoms with Crippen LogP contribution in [0.25, 0.3) is 0 Å². The van der Waals surface area contributed by atoms with Crippen molar-refractivity contribution in [1.29, 1.82) is 0 Å². The average Bonchev–Trinajstić information content (AvgIpc) is 2.39. The largest absolute Gasteiger partial charge is 0.369 e. The van der Waals surface area contributed by atoms with E-state index in [9.17, 15) is 0 Å². The van der Waals surface area contributed by atoms with Gasteiger partial charge in [-0.3, -0.25) is 0 Å².